The summed E-state index contributed by atoms with van der Waals surface area (Å²) in [7, 11) is -3.01. The molecule has 0 bridgehead atoms. The summed E-state index contributed by atoms with van der Waals surface area (Å²) in [5, 5.41) is 12.2. The van der Waals surface area contributed by atoms with Crippen molar-refractivity contribution in [3.8, 4) is 0 Å². The minimum atomic E-state index is -3.01. The Balaban J connectivity index is 2.32. The quantitative estimate of drug-likeness (QED) is 0.859. The number of nitrogens with zero attached hydrogens (tertiary/aromatic N) is 1. The number of aromatic nitrogens is 1. The molecular weight excluding hydrogens is 268 g/mol. The lowest BCUT2D eigenvalue weighted by Crippen LogP contribution is -2.23. The first-order valence-corrected chi connectivity index (χ1v) is 7.79. The van der Waals surface area contributed by atoms with E-state index in [9.17, 15) is 18.3 Å². The maximum Gasteiger partial charge on any atom is 0.339 e. The maximum atomic E-state index is 11.4. The third kappa shape index (κ3) is 3.04. The predicted octanol–water partition coefficient (Wildman–Crippen LogP) is 0.996. The molecule has 0 amide bonds. The minimum absolute atomic E-state index is 0.0285. The second-order valence-corrected chi connectivity index (χ2v) is 7.08. The van der Waals surface area contributed by atoms with Gasteiger partial charge in [0.25, 0.3) is 0 Å². The Morgan fingerprint density at radius 3 is 2.68 bits per heavy atom. The standard InChI is InChI=1S/C12H16N2O4S/c1-7-5-8(2)13-11(10(7)12(15)16)14-9-3-4-19(17,18)6-9/h5,9H,3-4,6H2,1-2H3,(H,13,14)(H,15,16). The van der Waals surface area contributed by atoms with Gasteiger partial charge in [0.2, 0.25) is 0 Å². The highest BCUT2D eigenvalue weighted by Crippen LogP contribution is 2.22. The molecule has 1 atom stereocenters. The molecule has 0 aliphatic carbocycles. The van der Waals surface area contributed by atoms with Crippen LogP contribution in [0.5, 0.6) is 0 Å². The first-order valence-electron chi connectivity index (χ1n) is 5.97. The number of aromatic carboxylic acids is 1. The Morgan fingerprint density at radius 1 is 1.47 bits per heavy atom. The second kappa shape index (κ2) is 4.80. The van der Waals surface area contributed by atoms with E-state index in [0.717, 1.165) is 0 Å². The Labute approximate surface area is 111 Å². The van der Waals surface area contributed by atoms with Crippen LogP contribution < -0.4 is 5.32 Å². The molecule has 0 radical (unpaired) electrons. The number of pyridine rings is 1. The van der Waals surface area contributed by atoms with Gasteiger partial charge in [0, 0.05) is 11.7 Å². The van der Waals surface area contributed by atoms with Crippen LogP contribution in [0.2, 0.25) is 0 Å². The number of nitrogens with one attached hydrogen (secondary N) is 1. The van der Waals surface area contributed by atoms with Crippen molar-refractivity contribution in [2.24, 2.45) is 0 Å². The molecule has 7 heteroatoms. The lowest BCUT2D eigenvalue weighted by Gasteiger charge is -2.15. The number of hydrogen-bond acceptors (Lipinski definition) is 5. The topological polar surface area (TPSA) is 96.4 Å². The molecule has 2 rings (SSSR count). The van der Waals surface area contributed by atoms with Crippen molar-refractivity contribution in [3.05, 3.63) is 22.9 Å². The fraction of sp³-hybridized carbons (Fsp3) is 0.500. The lowest BCUT2D eigenvalue weighted by atomic mass is 10.1. The molecule has 1 saturated heterocycles. The summed E-state index contributed by atoms with van der Waals surface area (Å²) in [6, 6.07) is 1.43. The van der Waals surface area contributed by atoms with E-state index in [0.29, 0.717) is 17.7 Å². The molecule has 1 unspecified atom stereocenters. The van der Waals surface area contributed by atoms with E-state index in [1.165, 1.54) is 0 Å². The van der Waals surface area contributed by atoms with Crippen LogP contribution in [0, 0.1) is 13.8 Å². The normalized spacial score (nSPS) is 21.3. The van der Waals surface area contributed by atoms with Gasteiger partial charge in [-0.1, -0.05) is 0 Å². The third-order valence-electron chi connectivity index (χ3n) is 3.13. The van der Waals surface area contributed by atoms with E-state index < -0.39 is 15.8 Å². The van der Waals surface area contributed by atoms with Crippen molar-refractivity contribution >= 4 is 21.6 Å². The van der Waals surface area contributed by atoms with E-state index in [1.807, 2.05) is 0 Å². The third-order valence-corrected chi connectivity index (χ3v) is 4.90. The molecule has 1 aromatic rings. The number of aryl methyl sites for hydroxylation is 2. The monoisotopic (exact) mass is 284 g/mol. The van der Waals surface area contributed by atoms with Crippen LogP contribution in [-0.2, 0) is 9.84 Å². The Hall–Kier alpha value is -1.63. The van der Waals surface area contributed by atoms with E-state index in [4.69, 9.17) is 0 Å². The van der Waals surface area contributed by atoms with E-state index in [1.54, 1.807) is 19.9 Å². The highest BCUT2D eigenvalue weighted by Gasteiger charge is 2.29. The molecule has 104 valence electrons. The summed E-state index contributed by atoms with van der Waals surface area (Å²) in [4.78, 5) is 15.4. The number of hydrogen-bond donors (Lipinski definition) is 2. The number of sulfone groups is 1. The van der Waals surface area contributed by atoms with Gasteiger partial charge in [0.1, 0.15) is 11.4 Å². The van der Waals surface area contributed by atoms with Crippen molar-refractivity contribution in [3.63, 3.8) is 0 Å². The molecule has 1 aliphatic heterocycles. The van der Waals surface area contributed by atoms with Gasteiger partial charge in [-0.15, -0.1) is 0 Å². The Bertz CT molecular complexity index is 625. The summed E-state index contributed by atoms with van der Waals surface area (Å²) < 4.78 is 22.8. The maximum absolute atomic E-state index is 11.4. The fourth-order valence-electron chi connectivity index (χ4n) is 2.31. The van der Waals surface area contributed by atoms with Crippen LogP contribution in [0.3, 0.4) is 0 Å². The summed E-state index contributed by atoms with van der Waals surface area (Å²) in [6.07, 6.45) is 0.482. The molecule has 1 aliphatic rings. The van der Waals surface area contributed by atoms with Gasteiger partial charge >= 0.3 is 5.97 Å². The first-order chi connectivity index (χ1) is 8.78. The van der Waals surface area contributed by atoms with Gasteiger partial charge in [-0.05, 0) is 31.9 Å². The van der Waals surface area contributed by atoms with Crippen LogP contribution in [0.4, 0.5) is 5.82 Å². The molecule has 2 N–H and O–H groups in total. The molecule has 1 aromatic heterocycles. The first kappa shape index (κ1) is 13.8. The number of anilines is 1. The van der Waals surface area contributed by atoms with E-state index in [-0.39, 0.29) is 28.9 Å². The number of rotatable bonds is 3. The molecule has 0 saturated carbocycles. The van der Waals surface area contributed by atoms with Crippen molar-refractivity contribution < 1.29 is 18.3 Å². The molecule has 0 aromatic carbocycles. The second-order valence-electron chi connectivity index (χ2n) is 4.85. The Morgan fingerprint density at radius 2 is 2.16 bits per heavy atom. The largest absolute Gasteiger partial charge is 0.478 e. The molecule has 19 heavy (non-hydrogen) atoms. The van der Waals surface area contributed by atoms with Crippen LogP contribution in [0.15, 0.2) is 6.07 Å². The SMILES string of the molecule is Cc1cc(C)c(C(=O)O)c(NC2CCS(=O)(=O)C2)n1. The molecule has 0 spiro atoms. The zero-order valence-electron chi connectivity index (χ0n) is 10.8. The Kier molecular flexibility index (Phi) is 3.49. The summed E-state index contributed by atoms with van der Waals surface area (Å²) in [6.45, 7) is 3.48. The van der Waals surface area contributed by atoms with Gasteiger partial charge in [0.15, 0.2) is 9.84 Å². The summed E-state index contributed by atoms with van der Waals surface area (Å²) >= 11 is 0. The summed E-state index contributed by atoms with van der Waals surface area (Å²) in [5.41, 5.74) is 1.42. The van der Waals surface area contributed by atoms with Gasteiger partial charge in [-0.25, -0.2) is 18.2 Å². The van der Waals surface area contributed by atoms with Crippen molar-refractivity contribution in [2.45, 2.75) is 26.3 Å². The molecule has 1 fully saturated rings. The van der Waals surface area contributed by atoms with E-state index in [2.05, 4.69) is 10.3 Å². The average Bonchev–Trinajstić information content (AvgIpc) is 2.56. The summed E-state index contributed by atoms with van der Waals surface area (Å²) in [5.74, 6) is -0.640. The van der Waals surface area contributed by atoms with Gasteiger partial charge in [0.05, 0.1) is 11.5 Å². The minimum Gasteiger partial charge on any atom is -0.478 e. The fourth-order valence-corrected chi connectivity index (χ4v) is 3.99. The zero-order valence-corrected chi connectivity index (χ0v) is 11.6. The van der Waals surface area contributed by atoms with Crippen LogP contribution in [0.25, 0.3) is 0 Å². The van der Waals surface area contributed by atoms with Crippen molar-refractivity contribution in [1.82, 2.24) is 4.98 Å². The highest BCUT2D eigenvalue weighted by atomic mass is 32.2. The van der Waals surface area contributed by atoms with Crippen LogP contribution in [0.1, 0.15) is 28.0 Å². The predicted molar refractivity (Wildman–Crippen MR) is 71.4 cm³/mol. The molecular formula is C12H16N2O4S. The van der Waals surface area contributed by atoms with Crippen molar-refractivity contribution in [1.29, 1.82) is 0 Å². The van der Waals surface area contributed by atoms with Crippen LogP contribution in [-0.4, -0.2) is 42.0 Å². The van der Waals surface area contributed by atoms with Gasteiger partial charge < -0.3 is 10.4 Å². The molecule has 6 nitrogen and oxygen atoms in total. The number of carboxylic acid groups (broad SMARTS) is 1. The number of carboxylic acids is 1. The zero-order chi connectivity index (χ0) is 14.2. The van der Waals surface area contributed by atoms with Gasteiger partial charge in [-0.2, -0.15) is 0 Å². The molecule has 2 heterocycles. The van der Waals surface area contributed by atoms with Gasteiger partial charge in [-0.3, -0.25) is 0 Å². The highest BCUT2D eigenvalue weighted by molar-refractivity contribution is 7.91. The lowest BCUT2D eigenvalue weighted by molar-refractivity contribution is 0.0696. The van der Waals surface area contributed by atoms with Crippen molar-refractivity contribution in [2.75, 3.05) is 16.8 Å². The number of carbonyl (C=O) groups is 1. The van der Waals surface area contributed by atoms with Crippen LogP contribution >= 0.6 is 0 Å². The average molecular weight is 284 g/mol. The smallest absolute Gasteiger partial charge is 0.339 e. The van der Waals surface area contributed by atoms with E-state index >= 15 is 0 Å².